The van der Waals surface area contributed by atoms with Crippen molar-refractivity contribution in [1.82, 2.24) is 10.2 Å². The fourth-order valence-electron chi connectivity index (χ4n) is 4.70. The third kappa shape index (κ3) is 9.39. The largest absolute Gasteiger partial charge is 0.354 e. The summed E-state index contributed by atoms with van der Waals surface area (Å²) in [7, 11) is -4.30. The summed E-state index contributed by atoms with van der Waals surface area (Å²) >= 11 is 25.0. The van der Waals surface area contributed by atoms with Crippen LogP contribution in [0.4, 0.5) is 5.69 Å². The Morgan fingerprint density at radius 1 is 0.783 bits per heavy atom. The van der Waals surface area contributed by atoms with Gasteiger partial charge in [0.2, 0.25) is 11.8 Å². The molecule has 4 aromatic carbocycles. The molecule has 0 saturated carbocycles. The number of benzene rings is 4. The van der Waals surface area contributed by atoms with Gasteiger partial charge in [0.05, 0.1) is 10.6 Å². The Morgan fingerprint density at radius 3 is 2.07 bits per heavy atom. The topological polar surface area (TPSA) is 86.8 Å². The van der Waals surface area contributed by atoms with Crippen LogP contribution in [-0.2, 0) is 32.6 Å². The van der Waals surface area contributed by atoms with Gasteiger partial charge >= 0.3 is 0 Å². The molecule has 0 saturated heterocycles. The molecule has 0 fully saturated rings. The van der Waals surface area contributed by atoms with Gasteiger partial charge in [0.25, 0.3) is 10.0 Å². The first kappa shape index (κ1) is 35.6. The molecule has 1 unspecified atom stereocenters. The highest BCUT2D eigenvalue weighted by Crippen LogP contribution is 2.29. The van der Waals surface area contributed by atoms with Crippen molar-refractivity contribution in [3.8, 4) is 0 Å². The lowest BCUT2D eigenvalue weighted by Gasteiger charge is -2.34. The molecule has 1 atom stereocenters. The number of hydrogen-bond donors (Lipinski definition) is 1. The Balaban J connectivity index is 1.82. The van der Waals surface area contributed by atoms with Crippen LogP contribution >= 0.6 is 46.4 Å². The molecule has 0 aliphatic heterocycles. The second kappa shape index (κ2) is 16.0. The third-order valence-corrected chi connectivity index (χ3v) is 9.95. The van der Waals surface area contributed by atoms with Crippen molar-refractivity contribution in [3.05, 3.63) is 128 Å². The minimum absolute atomic E-state index is 0.0764. The monoisotopic (exact) mass is 719 g/mol. The van der Waals surface area contributed by atoms with E-state index in [4.69, 9.17) is 46.4 Å². The van der Waals surface area contributed by atoms with E-state index in [0.29, 0.717) is 27.2 Å². The molecule has 12 heteroatoms. The number of nitrogens with one attached hydrogen (secondary N) is 1. The van der Waals surface area contributed by atoms with Crippen LogP contribution in [0.1, 0.15) is 25.0 Å². The van der Waals surface area contributed by atoms with E-state index in [0.717, 1.165) is 9.87 Å². The first-order valence-electron chi connectivity index (χ1n) is 14.4. The number of rotatable bonds is 13. The van der Waals surface area contributed by atoms with Gasteiger partial charge in [0, 0.05) is 39.6 Å². The molecule has 0 aliphatic rings. The van der Waals surface area contributed by atoms with Crippen molar-refractivity contribution in [2.24, 2.45) is 5.92 Å². The van der Waals surface area contributed by atoms with Crippen LogP contribution in [0.2, 0.25) is 20.1 Å². The molecular formula is C34H33Cl4N3O4S. The molecule has 0 aromatic heterocycles. The van der Waals surface area contributed by atoms with Gasteiger partial charge in [-0.05, 0) is 71.6 Å². The van der Waals surface area contributed by atoms with Gasteiger partial charge in [-0.2, -0.15) is 0 Å². The van der Waals surface area contributed by atoms with Crippen molar-refractivity contribution in [2.45, 2.75) is 37.8 Å². The second-order valence-electron chi connectivity index (χ2n) is 11.0. The zero-order chi connectivity index (χ0) is 33.4. The zero-order valence-electron chi connectivity index (χ0n) is 25.2. The van der Waals surface area contributed by atoms with Gasteiger partial charge in [-0.25, -0.2) is 8.42 Å². The maximum atomic E-state index is 14.5. The van der Waals surface area contributed by atoms with Crippen LogP contribution in [0.5, 0.6) is 0 Å². The number of hydrogen-bond acceptors (Lipinski definition) is 4. The van der Waals surface area contributed by atoms with E-state index in [9.17, 15) is 18.0 Å². The molecule has 2 amide bonds. The molecule has 1 N–H and O–H groups in total. The molecule has 4 rings (SSSR count). The Kier molecular flexibility index (Phi) is 12.4. The Labute approximate surface area is 290 Å². The fraction of sp³-hybridized carbons (Fsp3) is 0.235. The van der Waals surface area contributed by atoms with E-state index < -0.39 is 28.5 Å². The average molecular weight is 722 g/mol. The summed E-state index contributed by atoms with van der Waals surface area (Å²) in [5, 5.41) is 4.29. The number of carbonyl (C=O) groups excluding carboxylic acids is 2. The lowest BCUT2D eigenvalue weighted by atomic mass is 10.0. The van der Waals surface area contributed by atoms with Gasteiger partial charge in [-0.1, -0.05) is 103 Å². The van der Waals surface area contributed by atoms with Crippen LogP contribution in [-0.4, -0.2) is 44.3 Å². The SMILES string of the molecule is CC(C)CNC(=O)C(Cc1ccccc1)N(Cc1ccc(Cl)cc1Cl)C(=O)CN(c1cccc(Cl)c1)S(=O)(=O)c1ccc(Cl)cc1. The number of nitrogens with zero attached hydrogens (tertiary/aromatic N) is 2. The lowest BCUT2D eigenvalue weighted by Crippen LogP contribution is -2.53. The Morgan fingerprint density at radius 2 is 1.43 bits per heavy atom. The van der Waals surface area contributed by atoms with E-state index in [-0.39, 0.29) is 40.4 Å². The molecule has 0 bridgehead atoms. The van der Waals surface area contributed by atoms with Crippen molar-refractivity contribution in [3.63, 3.8) is 0 Å². The minimum atomic E-state index is -4.30. The molecule has 4 aromatic rings. The van der Waals surface area contributed by atoms with Crippen molar-refractivity contribution < 1.29 is 18.0 Å². The molecule has 0 radical (unpaired) electrons. The van der Waals surface area contributed by atoms with Gasteiger partial charge < -0.3 is 10.2 Å². The summed E-state index contributed by atoms with van der Waals surface area (Å²) in [4.78, 5) is 29.7. The normalized spacial score (nSPS) is 12.1. The number of amides is 2. The molecule has 0 aliphatic carbocycles. The third-order valence-electron chi connectivity index (χ3n) is 7.09. The fourth-order valence-corrected chi connectivity index (χ4v) is 6.89. The summed E-state index contributed by atoms with van der Waals surface area (Å²) < 4.78 is 29.2. The molecule has 242 valence electrons. The predicted molar refractivity (Wildman–Crippen MR) is 186 cm³/mol. The van der Waals surface area contributed by atoms with Gasteiger partial charge in [-0.3, -0.25) is 13.9 Å². The Bertz CT molecular complexity index is 1770. The van der Waals surface area contributed by atoms with Crippen LogP contribution in [0.3, 0.4) is 0 Å². The summed E-state index contributed by atoms with van der Waals surface area (Å²) in [6, 6.07) is 25.0. The van der Waals surface area contributed by atoms with Crippen molar-refractivity contribution >= 4 is 73.9 Å². The number of carbonyl (C=O) groups is 2. The minimum Gasteiger partial charge on any atom is -0.354 e. The van der Waals surface area contributed by atoms with Crippen LogP contribution in [0.15, 0.2) is 102 Å². The maximum absolute atomic E-state index is 14.5. The van der Waals surface area contributed by atoms with Gasteiger partial charge in [-0.15, -0.1) is 0 Å². The van der Waals surface area contributed by atoms with Gasteiger partial charge in [0.15, 0.2) is 0 Å². The maximum Gasteiger partial charge on any atom is 0.264 e. The first-order valence-corrected chi connectivity index (χ1v) is 17.4. The van der Waals surface area contributed by atoms with Crippen molar-refractivity contribution in [2.75, 3.05) is 17.4 Å². The zero-order valence-corrected chi connectivity index (χ0v) is 29.0. The highest BCUT2D eigenvalue weighted by molar-refractivity contribution is 7.92. The summed E-state index contributed by atoms with van der Waals surface area (Å²) in [6.07, 6.45) is 0.169. The summed E-state index contributed by atoms with van der Waals surface area (Å²) in [5.74, 6) is -0.867. The van der Waals surface area contributed by atoms with E-state index in [1.807, 2.05) is 44.2 Å². The van der Waals surface area contributed by atoms with Crippen LogP contribution < -0.4 is 9.62 Å². The van der Waals surface area contributed by atoms with Crippen LogP contribution in [0.25, 0.3) is 0 Å². The van der Waals surface area contributed by atoms with Crippen LogP contribution in [0, 0.1) is 5.92 Å². The second-order valence-corrected chi connectivity index (χ2v) is 14.6. The highest BCUT2D eigenvalue weighted by atomic mass is 35.5. The summed E-state index contributed by atoms with van der Waals surface area (Å²) in [5.41, 5.74) is 1.51. The van der Waals surface area contributed by atoms with E-state index in [1.54, 1.807) is 36.4 Å². The lowest BCUT2D eigenvalue weighted by molar-refractivity contribution is -0.140. The molecule has 46 heavy (non-hydrogen) atoms. The van der Waals surface area contributed by atoms with Gasteiger partial charge in [0.1, 0.15) is 12.6 Å². The quantitative estimate of drug-likeness (QED) is 0.152. The summed E-state index contributed by atoms with van der Waals surface area (Å²) in [6.45, 7) is 3.58. The standard InChI is InChI=1S/C34H33Cl4N3O4S/c1-23(2)20-39-34(43)32(17-24-7-4-3-5-8-24)40(21-25-11-12-28(37)19-31(25)38)33(42)22-41(29-10-6-9-27(36)18-29)46(44,45)30-15-13-26(35)14-16-30/h3-16,18-19,23,32H,17,20-22H2,1-2H3,(H,39,43). The molecular weight excluding hydrogens is 688 g/mol. The number of anilines is 1. The van der Waals surface area contributed by atoms with E-state index in [1.165, 1.54) is 35.2 Å². The highest BCUT2D eigenvalue weighted by Gasteiger charge is 2.35. The molecule has 0 spiro atoms. The van der Waals surface area contributed by atoms with E-state index in [2.05, 4.69) is 5.32 Å². The first-order chi connectivity index (χ1) is 21.8. The average Bonchev–Trinajstić information content (AvgIpc) is 3.01. The Hall–Kier alpha value is -3.27. The number of halogens is 4. The smallest absolute Gasteiger partial charge is 0.264 e. The molecule has 0 heterocycles. The van der Waals surface area contributed by atoms with E-state index >= 15 is 0 Å². The number of sulfonamides is 1. The predicted octanol–water partition coefficient (Wildman–Crippen LogP) is 7.91. The molecule has 7 nitrogen and oxygen atoms in total. The van der Waals surface area contributed by atoms with Crippen molar-refractivity contribution in [1.29, 1.82) is 0 Å².